The minimum absolute atomic E-state index is 0.200. The highest BCUT2D eigenvalue weighted by Gasteiger charge is 2.25. The quantitative estimate of drug-likeness (QED) is 0.0753. The third kappa shape index (κ3) is 8.08. The lowest BCUT2D eigenvalue weighted by Crippen LogP contribution is -2.27. The van der Waals surface area contributed by atoms with Crippen LogP contribution in [0.2, 0.25) is 0 Å². The summed E-state index contributed by atoms with van der Waals surface area (Å²) in [5, 5.41) is 51.7. The van der Waals surface area contributed by atoms with Crippen LogP contribution in [0.25, 0.3) is 11.1 Å². The van der Waals surface area contributed by atoms with Crippen LogP contribution in [0.1, 0.15) is 63.2 Å². The summed E-state index contributed by atoms with van der Waals surface area (Å²) < 4.78 is 0. The average Bonchev–Trinajstić information content (AvgIpc) is 3.15. The van der Waals surface area contributed by atoms with Gasteiger partial charge in [-0.2, -0.15) is 0 Å². The molecule has 4 unspecified atom stereocenters. The van der Waals surface area contributed by atoms with Crippen LogP contribution in [-0.4, -0.2) is 20.4 Å². The Morgan fingerprint density at radius 2 is 0.959 bits per heavy atom. The number of aliphatic hydroxyl groups excluding tert-OH is 2. The number of nitrogens with one attached hydrogen (secondary N) is 2. The van der Waals surface area contributed by atoms with Gasteiger partial charge in [-0.15, -0.1) is 0 Å². The van der Waals surface area contributed by atoms with E-state index in [1.165, 1.54) is 0 Å². The summed E-state index contributed by atoms with van der Waals surface area (Å²) in [5.74, 6) is 0.405. The van der Waals surface area contributed by atoms with E-state index in [4.69, 9.17) is 0 Å². The largest absolute Gasteiger partial charge is 0.508 e. The summed E-state index contributed by atoms with van der Waals surface area (Å²) in [4.78, 5) is 0. The van der Waals surface area contributed by atoms with Crippen LogP contribution in [0, 0.1) is 6.92 Å². The van der Waals surface area contributed by atoms with E-state index in [0.29, 0.717) is 18.7 Å². The summed E-state index contributed by atoms with van der Waals surface area (Å²) >= 11 is 0. The maximum Gasteiger partial charge on any atom is 0.123 e. The van der Waals surface area contributed by atoms with Gasteiger partial charge in [0.25, 0.3) is 0 Å². The van der Waals surface area contributed by atoms with E-state index < -0.39 is 24.3 Å². The molecule has 6 rings (SSSR count). The SMILES string of the molecule is Cc1cc(-c2cccc(C(O)C(NCc3ccccc3O)c3ccccc3)c2)cc(CNC(c2ccccc2)C(O)c2ccccc2)c1O. The van der Waals surface area contributed by atoms with Crippen molar-refractivity contribution in [2.75, 3.05) is 0 Å². The first-order valence-electron chi connectivity index (χ1n) is 16.6. The topological polar surface area (TPSA) is 105 Å². The summed E-state index contributed by atoms with van der Waals surface area (Å²) in [5.41, 5.74) is 7.38. The maximum absolute atomic E-state index is 11.8. The van der Waals surface area contributed by atoms with Crippen LogP contribution >= 0.6 is 0 Å². The Morgan fingerprint density at radius 3 is 1.55 bits per heavy atom. The molecule has 0 spiro atoms. The van der Waals surface area contributed by atoms with Crippen LogP contribution < -0.4 is 10.6 Å². The molecule has 0 bridgehead atoms. The second kappa shape index (κ2) is 15.8. The molecule has 0 aliphatic carbocycles. The van der Waals surface area contributed by atoms with Crippen molar-refractivity contribution >= 4 is 0 Å². The lowest BCUT2D eigenvalue weighted by Gasteiger charge is -2.26. The Morgan fingerprint density at radius 1 is 0.469 bits per heavy atom. The fourth-order valence-electron chi connectivity index (χ4n) is 6.34. The number of phenols is 2. The fraction of sp³-hybridized carbons (Fsp3) is 0.163. The number of aryl methyl sites for hydroxylation is 1. The van der Waals surface area contributed by atoms with Crippen molar-refractivity contribution in [3.8, 4) is 22.6 Å². The summed E-state index contributed by atoms with van der Waals surface area (Å²) in [6.07, 6.45) is -1.69. The van der Waals surface area contributed by atoms with Crippen molar-refractivity contribution in [3.63, 3.8) is 0 Å². The first-order valence-corrected chi connectivity index (χ1v) is 16.6. The Balaban J connectivity index is 1.27. The van der Waals surface area contributed by atoms with Crippen molar-refractivity contribution in [2.45, 2.75) is 44.3 Å². The van der Waals surface area contributed by atoms with Crippen molar-refractivity contribution < 1.29 is 20.4 Å². The molecule has 248 valence electrons. The van der Waals surface area contributed by atoms with Gasteiger partial charge in [0.05, 0.1) is 24.3 Å². The highest BCUT2D eigenvalue weighted by Crippen LogP contribution is 2.36. The molecule has 0 saturated carbocycles. The maximum atomic E-state index is 11.8. The third-order valence-electron chi connectivity index (χ3n) is 9.05. The standard InChI is InChI=1S/C43H42N2O4/c1-29-24-36(26-37(41(29)47)28-45-39(30-14-5-2-6-15-30)42(48)32-18-9-4-10-19-32)33-21-13-22-34(25-33)43(49)40(31-16-7-3-8-17-31)44-27-35-20-11-12-23-38(35)46/h2-26,39-40,42-49H,27-28H2,1H3. The summed E-state index contributed by atoms with van der Waals surface area (Å²) in [7, 11) is 0. The highest BCUT2D eigenvalue weighted by molar-refractivity contribution is 5.68. The van der Waals surface area contributed by atoms with Crippen LogP contribution in [0.5, 0.6) is 11.5 Å². The van der Waals surface area contributed by atoms with Crippen LogP contribution in [0.15, 0.2) is 152 Å². The predicted molar refractivity (Wildman–Crippen MR) is 195 cm³/mol. The molecule has 6 aromatic rings. The number of rotatable bonds is 13. The molecule has 49 heavy (non-hydrogen) atoms. The molecule has 0 amide bonds. The first-order chi connectivity index (χ1) is 23.9. The normalized spacial score (nSPS) is 13.8. The molecule has 0 saturated heterocycles. The monoisotopic (exact) mass is 650 g/mol. The van der Waals surface area contributed by atoms with Gasteiger partial charge in [0, 0.05) is 24.2 Å². The lowest BCUT2D eigenvalue weighted by atomic mass is 9.92. The van der Waals surface area contributed by atoms with E-state index in [1.807, 2.05) is 146 Å². The van der Waals surface area contributed by atoms with Gasteiger partial charge in [0.1, 0.15) is 11.5 Å². The van der Waals surface area contributed by atoms with Crippen molar-refractivity contribution in [1.29, 1.82) is 0 Å². The molecule has 0 aliphatic rings. The smallest absolute Gasteiger partial charge is 0.123 e. The number of aliphatic hydroxyl groups is 2. The zero-order chi connectivity index (χ0) is 34.2. The van der Waals surface area contributed by atoms with Gasteiger partial charge in [0.2, 0.25) is 0 Å². The zero-order valence-electron chi connectivity index (χ0n) is 27.4. The third-order valence-corrected chi connectivity index (χ3v) is 9.05. The fourth-order valence-corrected chi connectivity index (χ4v) is 6.34. The van der Waals surface area contributed by atoms with Gasteiger partial charge in [-0.3, -0.25) is 0 Å². The minimum atomic E-state index is -0.890. The van der Waals surface area contributed by atoms with E-state index in [-0.39, 0.29) is 11.5 Å². The molecule has 0 heterocycles. The summed E-state index contributed by atoms with van der Waals surface area (Å²) in [6.45, 7) is 2.57. The minimum Gasteiger partial charge on any atom is -0.508 e. The van der Waals surface area contributed by atoms with E-state index >= 15 is 0 Å². The molecule has 6 aromatic carbocycles. The zero-order valence-corrected chi connectivity index (χ0v) is 27.4. The number of aromatic hydroxyl groups is 2. The Labute approximate surface area is 288 Å². The van der Waals surface area contributed by atoms with Crippen LogP contribution in [-0.2, 0) is 13.1 Å². The second-order valence-corrected chi connectivity index (χ2v) is 12.4. The molecule has 0 aliphatic heterocycles. The molecule has 6 heteroatoms. The number of para-hydroxylation sites is 1. The van der Waals surface area contributed by atoms with Gasteiger partial charge < -0.3 is 31.1 Å². The number of benzene rings is 6. The Kier molecular flexibility index (Phi) is 10.8. The molecule has 6 N–H and O–H groups in total. The molecule has 0 fully saturated rings. The molecular weight excluding hydrogens is 608 g/mol. The molecule has 0 radical (unpaired) electrons. The van der Waals surface area contributed by atoms with Gasteiger partial charge in [0.15, 0.2) is 0 Å². The Hall–Kier alpha value is -5.24. The molecule has 4 atom stereocenters. The van der Waals surface area contributed by atoms with E-state index in [2.05, 4.69) is 10.6 Å². The van der Waals surface area contributed by atoms with E-state index in [1.54, 1.807) is 12.1 Å². The van der Waals surface area contributed by atoms with Crippen molar-refractivity contribution in [3.05, 3.63) is 191 Å². The van der Waals surface area contributed by atoms with Crippen LogP contribution in [0.4, 0.5) is 0 Å². The van der Waals surface area contributed by atoms with Gasteiger partial charge >= 0.3 is 0 Å². The van der Waals surface area contributed by atoms with E-state index in [0.717, 1.165) is 44.5 Å². The van der Waals surface area contributed by atoms with Crippen molar-refractivity contribution in [1.82, 2.24) is 10.6 Å². The average molecular weight is 651 g/mol. The van der Waals surface area contributed by atoms with Crippen LogP contribution in [0.3, 0.4) is 0 Å². The predicted octanol–water partition coefficient (Wildman–Crippen LogP) is 8.20. The van der Waals surface area contributed by atoms with E-state index in [9.17, 15) is 20.4 Å². The van der Waals surface area contributed by atoms with Gasteiger partial charge in [-0.05, 0) is 70.1 Å². The molecule has 0 aromatic heterocycles. The van der Waals surface area contributed by atoms with Crippen molar-refractivity contribution in [2.24, 2.45) is 0 Å². The first kappa shape index (κ1) is 33.7. The number of hydrogen-bond donors (Lipinski definition) is 6. The van der Waals surface area contributed by atoms with Gasteiger partial charge in [-0.25, -0.2) is 0 Å². The highest BCUT2D eigenvalue weighted by atomic mass is 16.3. The number of hydrogen-bond acceptors (Lipinski definition) is 6. The second-order valence-electron chi connectivity index (χ2n) is 12.4. The van der Waals surface area contributed by atoms with Gasteiger partial charge in [-0.1, -0.05) is 127 Å². The number of phenolic OH excluding ortho intramolecular Hbond substituents is 2. The Bertz CT molecular complexity index is 1950. The molecular formula is C43H42N2O4. The molecule has 6 nitrogen and oxygen atoms in total. The lowest BCUT2D eigenvalue weighted by molar-refractivity contribution is 0.127. The summed E-state index contributed by atoms with van der Waals surface area (Å²) in [6, 6.07) is 47.3.